The summed E-state index contributed by atoms with van der Waals surface area (Å²) in [7, 11) is 0. The third kappa shape index (κ3) is 11.9. The Bertz CT molecular complexity index is 452. The number of hydrogen-bond acceptors (Lipinski definition) is 5. The Kier molecular flexibility index (Phi) is 13.5. The zero-order valence-electron chi connectivity index (χ0n) is 17.4. The number of alkyl carbamates (subject to hydrolysis) is 1. The number of nitrogens with one attached hydrogen (secondary N) is 3. The molecule has 1 amide bonds. The molecule has 1 rings (SSSR count). The fraction of sp³-hybridized carbons (Fsp3) is 0.889. The second-order valence-corrected chi connectivity index (χ2v) is 8.68. The van der Waals surface area contributed by atoms with E-state index in [4.69, 9.17) is 14.5 Å². The number of guanidine groups is 1. The first kappa shape index (κ1) is 26.6. The van der Waals surface area contributed by atoms with E-state index in [2.05, 4.69) is 29.1 Å². The molecule has 0 spiro atoms. The molecule has 1 saturated heterocycles. The number of rotatable bonds is 8. The minimum atomic E-state index is -0.468. The van der Waals surface area contributed by atoms with Gasteiger partial charge in [-0.1, -0.05) is 0 Å². The molecule has 7 nitrogen and oxygen atoms in total. The van der Waals surface area contributed by atoms with Crippen molar-refractivity contribution in [2.45, 2.75) is 57.3 Å². The number of nitrogens with zero attached hydrogens (tertiary/aromatic N) is 1. The average Bonchev–Trinajstić information content (AvgIpc) is 2.58. The number of carbonyl (C=O) groups excluding carboxylic acids is 1. The van der Waals surface area contributed by atoms with Crippen LogP contribution in [0.5, 0.6) is 0 Å². The van der Waals surface area contributed by atoms with Gasteiger partial charge < -0.3 is 25.4 Å². The van der Waals surface area contributed by atoms with E-state index in [1.54, 1.807) is 0 Å². The maximum atomic E-state index is 11.6. The van der Waals surface area contributed by atoms with Gasteiger partial charge in [0.15, 0.2) is 5.96 Å². The van der Waals surface area contributed by atoms with Crippen molar-refractivity contribution in [1.29, 1.82) is 0 Å². The van der Waals surface area contributed by atoms with E-state index in [9.17, 15) is 4.79 Å². The topological polar surface area (TPSA) is 84.0 Å². The number of ether oxygens (including phenoxy) is 2. The average molecular weight is 516 g/mol. The Hall–Kier alpha value is -0.420. The van der Waals surface area contributed by atoms with Crippen molar-refractivity contribution >= 4 is 47.8 Å². The van der Waals surface area contributed by atoms with Crippen LogP contribution in [0.1, 0.15) is 47.0 Å². The number of carbonyl (C=O) groups is 1. The number of thioether (sulfide) groups is 1. The predicted molar refractivity (Wildman–Crippen MR) is 125 cm³/mol. The van der Waals surface area contributed by atoms with E-state index in [0.717, 1.165) is 58.1 Å². The third-order valence-electron chi connectivity index (χ3n) is 4.02. The number of aliphatic imine (C=N–C) groups is 1. The molecule has 0 saturated carbocycles. The first-order valence-corrected chi connectivity index (χ1v) is 10.6. The minimum absolute atomic E-state index is 0. The van der Waals surface area contributed by atoms with Crippen molar-refractivity contribution in [3.8, 4) is 0 Å². The first-order valence-electron chi connectivity index (χ1n) is 9.42. The van der Waals surface area contributed by atoms with Gasteiger partial charge in [-0.2, -0.15) is 11.8 Å². The minimum Gasteiger partial charge on any atom is -0.444 e. The van der Waals surface area contributed by atoms with Gasteiger partial charge in [0.05, 0.1) is 6.54 Å². The molecule has 0 radical (unpaired) electrons. The van der Waals surface area contributed by atoms with Gasteiger partial charge in [0, 0.05) is 37.6 Å². The van der Waals surface area contributed by atoms with Crippen molar-refractivity contribution in [2.75, 3.05) is 45.6 Å². The van der Waals surface area contributed by atoms with E-state index in [0.29, 0.717) is 6.54 Å². The van der Waals surface area contributed by atoms with Crippen molar-refractivity contribution in [3.63, 3.8) is 0 Å². The summed E-state index contributed by atoms with van der Waals surface area (Å²) in [6.07, 6.45) is 4.65. The zero-order valence-corrected chi connectivity index (χ0v) is 20.5. The summed E-state index contributed by atoms with van der Waals surface area (Å²) < 4.78 is 10.9. The fourth-order valence-electron chi connectivity index (χ4n) is 2.53. The summed E-state index contributed by atoms with van der Waals surface area (Å²) in [6, 6.07) is 0. The molecule has 0 aromatic carbocycles. The maximum Gasteiger partial charge on any atom is 0.407 e. The molecule has 27 heavy (non-hydrogen) atoms. The molecule has 1 fully saturated rings. The summed E-state index contributed by atoms with van der Waals surface area (Å²) in [5.74, 6) is 0.824. The van der Waals surface area contributed by atoms with Gasteiger partial charge in [0.25, 0.3) is 0 Å². The van der Waals surface area contributed by atoms with Crippen molar-refractivity contribution < 1.29 is 14.3 Å². The lowest BCUT2D eigenvalue weighted by atomic mass is 9.99. The van der Waals surface area contributed by atoms with Gasteiger partial charge in [-0.25, -0.2) is 4.79 Å². The lowest BCUT2D eigenvalue weighted by Gasteiger charge is -2.34. The van der Waals surface area contributed by atoms with Crippen LogP contribution in [0.2, 0.25) is 0 Å². The molecule has 0 bridgehead atoms. The SMILES string of the molecule is CCNC(=NCC1(SC)CCOCC1)NCCCNC(=O)OC(C)(C)C.I. The number of amides is 1. The largest absolute Gasteiger partial charge is 0.444 e. The quantitative estimate of drug-likeness (QED) is 0.199. The number of halogens is 1. The normalized spacial score (nSPS) is 16.9. The summed E-state index contributed by atoms with van der Waals surface area (Å²) in [5, 5.41) is 9.38. The van der Waals surface area contributed by atoms with E-state index in [-0.39, 0.29) is 34.8 Å². The van der Waals surface area contributed by atoms with Crippen LogP contribution in [0, 0.1) is 0 Å². The van der Waals surface area contributed by atoms with E-state index in [1.807, 2.05) is 32.5 Å². The molecule has 160 valence electrons. The Morgan fingerprint density at radius 1 is 1.19 bits per heavy atom. The van der Waals surface area contributed by atoms with Crippen molar-refractivity contribution in [3.05, 3.63) is 0 Å². The van der Waals surface area contributed by atoms with Gasteiger partial charge >= 0.3 is 6.09 Å². The second-order valence-electron chi connectivity index (χ2n) is 7.40. The molecule has 0 aliphatic carbocycles. The first-order chi connectivity index (χ1) is 12.3. The Balaban J connectivity index is 0.00000676. The number of hydrogen-bond donors (Lipinski definition) is 3. The van der Waals surface area contributed by atoms with Gasteiger partial charge in [-0.3, -0.25) is 4.99 Å². The van der Waals surface area contributed by atoms with Crippen LogP contribution >= 0.6 is 35.7 Å². The summed E-state index contributed by atoms with van der Waals surface area (Å²) in [6.45, 7) is 12.1. The molecule has 0 aromatic rings. The highest BCUT2D eigenvalue weighted by Crippen LogP contribution is 2.33. The Morgan fingerprint density at radius 3 is 2.37 bits per heavy atom. The van der Waals surface area contributed by atoms with Crippen LogP contribution in [0.3, 0.4) is 0 Å². The maximum absolute atomic E-state index is 11.6. The molecule has 3 N–H and O–H groups in total. The van der Waals surface area contributed by atoms with Crippen LogP contribution in [0.4, 0.5) is 4.79 Å². The van der Waals surface area contributed by atoms with Crippen LogP contribution in [-0.4, -0.2) is 68.0 Å². The second kappa shape index (κ2) is 13.7. The molecule has 0 unspecified atom stereocenters. The Morgan fingerprint density at radius 2 is 1.81 bits per heavy atom. The molecule has 1 aliphatic rings. The summed E-state index contributed by atoms with van der Waals surface area (Å²) in [4.78, 5) is 16.4. The Labute approximate surface area is 185 Å². The van der Waals surface area contributed by atoms with Crippen molar-refractivity contribution in [2.24, 2.45) is 4.99 Å². The molecule has 1 heterocycles. The van der Waals surface area contributed by atoms with Crippen molar-refractivity contribution in [1.82, 2.24) is 16.0 Å². The van der Waals surface area contributed by atoms with Gasteiger partial charge in [0.1, 0.15) is 5.60 Å². The molecule has 9 heteroatoms. The summed E-state index contributed by atoms with van der Waals surface area (Å²) in [5.41, 5.74) is -0.468. The van der Waals surface area contributed by atoms with Gasteiger partial charge in [-0.05, 0) is 53.2 Å². The highest BCUT2D eigenvalue weighted by Gasteiger charge is 2.31. The molecule has 0 aromatic heterocycles. The van der Waals surface area contributed by atoms with Crippen LogP contribution in [-0.2, 0) is 9.47 Å². The highest BCUT2D eigenvalue weighted by atomic mass is 127. The summed E-state index contributed by atoms with van der Waals surface area (Å²) >= 11 is 1.89. The molecular weight excluding hydrogens is 479 g/mol. The van der Waals surface area contributed by atoms with Gasteiger partial charge in [0.2, 0.25) is 0 Å². The molecular formula is C18H37IN4O3S. The smallest absolute Gasteiger partial charge is 0.407 e. The highest BCUT2D eigenvalue weighted by molar-refractivity contribution is 14.0. The standard InChI is InChI=1S/C18H36N4O3S.HI/c1-6-19-15(22-14-18(26-5)8-12-24-13-9-18)20-10-7-11-21-16(23)25-17(2,3)4;/h6-14H2,1-5H3,(H,21,23)(H2,19,20,22);1H. The molecule has 0 atom stereocenters. The van der Waals surface area contributed by atoms with Crippen LogP contribution in [0.15, 0.2) is 4.99 Å². The predicted octanol–water partition coefficient (Wildman–Crippen LogP) is 2.99. The van der Waals surface area contributed by atoms with Crippen LogP contribution in [0.25, 0.3) is 0 Å². The van der Waals surface area contributed by atoms with Crippen LogP contribution < -0.4 is 16.0 Å². The molecule has 1 aliphatic heterocycles. The monoisotopic (exact) mass is 516 g/mol. The lowest BCUT2D eigenvalue weighted by molar-refractivity contribution is 0.0527. The fourth-order valence-corrected chi connectivity index (χ4v) is 3.30. The zero-order chi connectivity index (χ0) is 19.5. The van der Waals surface area contributed by atoms with Gasteiger partial charge in [-0.15, -0.1) is 24.0 Å². The lowest BCUT2D eigenvalue weighted by Crippen LogP contribution is -2.41. The third-order valence-corrected chi connectivity index (χ3v) is 5.42. The van der Waals surface area contributed by atoms with E-state index in [1.165, 1.54) is 0 Å². The van der Waals surface area contributed by atoms with E-state index < -0.39 is 5.60 Å². The van der Waals surface area contributed by atoms with E-state index >= 15 is 0 Å².